The molecule has 2 aromatic carbocycles. The van der Waals surface area contributed by atoms with E-state index < -0.39 is 21.8 Å². The number of hydrogen-bond donors (Lipinski definition) is 1. The molecule has 1 heterocycles. The van der Waals surface area contributed by atoms with Gasteiger partial charge in [0.25, 0.3) is 0 Å². The van der Waals surface area contributed by atoms with Crippen molar-refractivity contribution >= 4 is 38.3 Å². The smallest absolute Gasteiger partial charge is 0.378 e. The van der Waals surface area contributed by atoms with Crippen LogP contribution in [0.25, 0.3) is 11.0 Å². The minimum atomic E-state index is -4.56. The van der Waals surface area contributed by atoms with Crippen LogP contribution in [0.4, 0.5) is 18.9 Å². The van der Waals surface area contributed by atoms with Crippen LogP contribution in [0.5, 0.6) is 0 Å². The van der Waals surface area contributed by atoms with Crippen molar-refractivity contribution in [2.24, 2.45) is 0 Å². The Morgan fingerprint density at radius 3 is 2.48 bits per heavy atom. The lowest BCUT2D eigenvalue weighted by Crippen LogP contribution is -2.22. The topological polar surface area (TPSA) is 67.2 Å². The summed E-state index contributed by atoms with van der Waals surface area (Å²) in [7, 11) is -0.712. The number of nitrogens with zero attached hydrogens (tertiary/aromatic N) is 3. The van der Waals surface area contributed by atoms with Gasteiger partial charge in [-0.3, -0.25) is 0 Å². The maximum atomic E-state index is 13.1. The summed E-state index contributed by atoms with van der Waals surface area (Å²) in [4.78, 5) is 4.66. The zero-order valence-corrected chi connectivity index (χ0v) is 18.7. The normalized spacial score (nSPS) is 12.6. The minimum absolute atomic E-state index is 0.123. The van der Waals surface area contributed by atoms with E-state index in [0.717, 1.165) is 22.3 Å². The van der Waals surface area contributed by atoms with Gasteiger partial charge in [-0.15, -0.1) is 0 Å². The van der Waals surface area contributed by atoms with Crippen molar-refractivity contribution in [3.8, 4) is 0 Å². The highest BCUT2D eigenvalue weighted by Gasteiger charge is 2.33. The summed E-state index contributed by atoms with van der Waals surface area (Å²) in [6.07, 6.45) is -3.76. The predicted molar refractivity (Wildman–Crippen MR) is 115 cm³/mol. The molecular formula is C20H22ClF3N4O2S. The molecular weight excluding hydrogens is 453 g/mol. The third-order valence-electron chi connectivity index (χ3n) is 4.75. The molecule has 0 saturated carbocycles. The molecule has 0 aliphatic carbocycles. The summed E-state index contributed by atoms with van der Waals surface area (Å²) >= 11 is 5.67. The van der Waals surface area contributed by atoms with Crippen molar-refractivity contribution in [2.45, 2.75) is 37.5 Å². The van der Waals surface area contributed by atoms with Crippen LogP contribution in [0.1, 0.15) is 24.7 Å². The summed E-state index contributed by atoms with van der Waals surface area (Å²) in [5.41, 5.74) is 0.589. The fraction of sp³-hybridized carbons (Fsp3) is 0.350. The van der Waals surface area contributed by atoms with Gasteiger partial charge in [0.15, 0.2) is 0 Å². The Labute approximate surface area is 183 Å². The predicted octanol–water partition coefficient (Wildman–Crippen LogP) is 4.98. The highest BCUT2D eigenvalue weighted by atomic mass is 35.5. The van der Waals surface area contributed by atoms with Gasteiger partial charge in [0.1, 0.15) is 5.82 Å². The minimum Gasteiger partial charge on any atom is -0.378 e. The SMILES string of the molecule is CCCn1c(CNc2ccc(Cl)c(C(F)(F)F)c2)nc2cc(S(=O)(=O)N(C)C)ccc21. The molecule has 0 spiro atoms. The second-order valence-corrected chi connectivity index (χ2v) is 9.72. The molecule has 3 rings (SSSR count). The first-order valence-electron chi connectivity index (χ1n) is 9.47. The number of halogens is 4. The number of alkyl halides is 3. The molecule has 1 N–H and O–H groups in total. The van der Waals surface area contributed by atoms with Gasteiger partial charge in [0, 0.05) is 26.3 Å². The quantitative estimate of drug-likeness (QED) is 0.524. The van der Waals surface area contributed by atoms with E-state index in [2.05, 4.69) is 10.3 Å². The Bertz CT molecular complexity index is 1210. The van der Waals surface area contributed by atoms with Crippen LogP contribution in [0.15, 0.2) is 41.3 Å². The van der Waals surface area contributed by atoms with E-state index in [-0.39, 0.29) is 22.2 Å². The fourth-order valence-electron chi connectivity index (χ4n) is 3.17. The number of rotatable bonds is 7. The molecule has 0 aliphatic rings. The van der Waals surface area contributed by atoms with Gasteiger partial charge in [0.2, 0.25) is 10.0 Å². The van der Waals surface area contributed by atoms with E-state index in [1.165, 1.54) is 38.4 Å². The molecule has 0 aliphatic heterocycles. The van der Waals surface area contributed by atoms with Gasteiger partial charge >= 0.3 is 6.18 Å². The Kier molecular flexibility index (Phi) is 6.54. The summed E-state index contributed by atoms with van der Waals surface area (Å²) in [6.45, 7) is 2.77. The molecule has 6 nitrogen and oxygen atoms in total. The van der Waals surface area contributed by atoms with Crippen LogP contribution in [0.2, 0.25) is 5.02 Å². The Hall–Kier alpha value is -2.30. The average Bonchev–Trinajstić information content (AvgIpc) is 3.03. The standard InChI is InChI=1S/C20H22ClF3N4O2S/c1-4-9-28-18-8-6-14(31(29,30)27(2)3)11-17(18)26-19(28)12-25-13-5-7-16(21)15(10-13)20(22,23)24/h5-8,10-11,25H,4,9,12H2,1-3H3. The van der Waals surface area contributed by atoms with E-state index in [9.17, 15) is 21.6 Å². The first-order valence-corrected chi connectivity index (χ1v) is 11.3. The molecule has 3 aromatic rings. The Balaban J connectivity index is 1.96. The molecule has 0 bridgehead atoms. The van der Waals surface area contributed by atoms with E-state index in [1.807, 2.05) is 11.5 Å². The van der Waals surface area contributed by atoms with E-state index >= 15 is 0 Å². The molecule has 0 radical (unpaired) electrons. The van der Waals surface area contributed by atoms with Crippen molar-refractivity contribution in [3.63, 3.8) is 0 Å². The third kappa shape index (κ3) is 4.81. The van der Waals surface area contributed by atoms with E-state index in [1.54, 1.807) is 6.07 Å². The Morgan fingerprint density at radius 1 is 1.16 bits per heavy atom. The highest BCUT2D eigenvalue weighted by molar-refractivity contribution is 7.89. The van der Waals surface area contributed by atoms with Crippen molar-refractivity contribution < 1.29 is 21.6 Å². The fourth-order valence-corrected chi connectivity index (χ4v) is 4.32. The molecule has 0 unspecified atom stereocenters. The molecule has 0 fully saturated rings. The zero-order valence-electron chi connectivity index (χ0n) is 17.2. The van der Waals surface area contributed by atoms with Crippen LogP contribution >= 0.6 is 11.6 Å². The van der Waals surface area contributed by atoms with Gasteiger partial charge in [0.05, 0.1) is 33.1 Å². The van der Waals surface area contributed by atoms with E-state index in [0.29, 0.717) is 17.9 Å². The second-order valence-electron chi connectivity index (χ2n) is 7.16. The molecule has 31 heavy (non-hydrogen) atoms. The lowest BCUT2D eigenvalue weighted by molar-refractivity contribution is -0.137. The van der Waals surface area contributed by atoms with Gasteiger partial charge in [-0.2, -0.15) is 13.2 Å². The number of sulfonamides is 1. The van der Waals surface area contributed by atoms with Crippen LogP contribution in [-0.2, 0) is 29.3 Å². The number of fused-ring (bicyclic) bond motifs is 1. The Morgan fingerprint density at radius 2 is 1.87 bits per heavy atom. The summed E-state index contributed by atoms with van der Waals surface area (Å²) in [6, 6.07) is 8.34. The number of benzene rings is 2. The monoisotopic (exact) mass is 474 g/mol. The van der Waals surface area contributed by atoms with E-state index in [4.69, 9.17) is 11.6 Å². The summed E-state index contributed by atoms with van der Waals surface area (Å²) in [5.74, 6) is 0.583. The first-order chi connectivity index (χ1) is 14.4. The lowest BCUT2D eigenvalue weighted by Gasteiger charge is -2.13. The number of aryl methyl sites for hydroxylation is 1. The second kappa shape index (κ2) is 8.68. The highest BCUT2D eigenvalue weighted by Crippen LogP contribution is 2.36. The number of hydrogen-bond acceptors (Lipinski definition) is 4. The molecule has 0 atom stereocenters. The third-order valence-corrected chi connectivity index (χ3v) is 6.89. The van der Waals surface area contributed by atoms with Gasteiger partial charge < -0.3 is 9.88 Å². The van der Waals surface area contributed by atoms with Crippen molar-refractivity contribution in [1.29, 1.82) is 0 Å². The molecule has 0 saturated heterocycles. The first kappa shape index (κ1) is 23.4. The average molecular weight is 475 g/mol. The van der Waals surface area contributed by atoms with Crippen molar-refractivity contribution in [1.82, 2.24) is 13.9 Å². The zero-order chi connectivity index (χ0) is 23.0. The molecule has 168 valence electrons. The van der Waals surface area contributed by atoms with Gasteiger partial charge in [-0.05, 0) is 42.8 Å². The van der Waals surface area contributed by atoms with Crippen LogP contribution in [-0.4, -0.2) is 36.4 Å². The maximum absolute atomic E-state index is 13.1. The van der Waals surface area contributed by atoms with Crippen molar-refractivity contribution in [3.05, 3.63) is 52.8 Å². The van der Waals surface area contributed by atoms with Crippen molar-refractivity contribution in [2.75, 3.05) is 19.4 Å². The largest absolute Gasteiger partial charge is 0.417 e. The summed E-state index contributed by atoms with van der Waals surface area (Å²) in [5, 5.41) is 2.59. The molecule has 11 heteroatoms. The number of nitrogens with one attached hydrogen (secondary N) is 1. The van der Waals surface area contributed by atoms with Crippen LogP contribution in [0.3, 0.4) is 0 Å². The molecule has 1 aromatic heterocycles. The number of aromatic nitrogens is 2. The summed E-state index contributed by atoms with van der Waals surface area (Å²) < 4.78 is 67.2. The number of imidazole rings is 1. The van der Waals surface area contributed by atoms with Gasteiger partial charge in [-0.1, -0.05) is 18.5 Å². The maximum Gasteiger partial charge on any atom is 0.417 e. The number of anilines is 1. The van der Waals surface area contributed by atoms with Gasteiger partial charge in [-0.25, -0.2) is 17.7 Å². The lowest BCUT2D eigenvalue weighted by atomic mass is 10.2. The molecule has 0 amide bonds. The van der Waals surface area contributed by atoms with Crippen LogP contribution in [0, 0.1) is 0 Å². The van der Waals surface area contributed by atoms with Crippen LogP contribution < -0.4 is 5.32 Å².